The van der Waals surface area contributed by atoms with Gasteiger partial charge in [0, 0.05) is 78.5 Å². The van der Waals surface area contributed by atoms with E-state index in [-0.39, 0.29) is 51.8 Å². The molecule has 0 N–H and O–H groups in total. The van der Waals surface area contributed by atoms with E-state index in [0.29, 0.717) is 78.5 Å². The Bertz CT molecular complexity index is 1020. The smallest absolute Gasteiger partial charge is 0.320 e. The van der Waals surface area contributed by atoms with Crippen LogP contribution in [0.3, 0.4) is 0 Å². The zero-order valence-electron chi connectivity index (χ0n) is 24.1. The molecule has 0 aromatic heterocycles. The van der Waals surface area contributed by atoms with Crippen LogP contribution in [0.1, 0.15) is 0 Å². The van der Waals surface area contributed by atoms with Crippen molar-refractivity contribution in [1.29, 1.82) is 36.8 Å². The Morgan fingerprint density at radius 1 is 0.429 bits per heavy atom. The minimum atomic E-state index is -0.0892. The number of nitriles is 7. The van der Waals surface area contributed by atoms with Crippen LogP contribution in [0.4, 0.5) is 4.79 Å². The van der Waals surface area contributed by atoms with Gasteiger partial charge in [-0.25, -0.2) is 4.79 Å². The maximum atomic E-state index is 13.1. The zero-order valence-corrected chi connectivity index (χ0v) is 24.1. The molecule has 0 aromatic carbocycles. The van der Waals surface area contributed by atoms with Gasteiger partial charge in [0.2, 0.25) is 0 Å². The van der Waals surface area contributed by atoms with Crippen molar-refractivity contribution in [2.45, 2.75) is 0 Å². The molecular weight excluding hydrogens is 536 g/mol. The van der Waals surface area contributed by atoms with Crippen molar-refractivity contribution < 1.29 is 4.79 Å². The molecule has 1 aliphatic rings. The van der Waals surface area contributed by atoms with Crippen molar-refractivity contribution in [3.05, 3.63) is 0 Å². The predicted octanol–water partition coefficient (Wildman–Crippen LogP) is -1.10. The summed E-state index contributed by atoms with van der Waals surface area (Å²) in [5.74, 6) is 0. The molecule has 0 aliphatic carbocycles. The van der Waals surface area contributed by atoms with E-state index in [1.165, 1.54) is 0 Å². The fourth-order valence-corrected chi connectivity index (χ4v) is 4.37. The van der Waals surface area contributed by atoms with Gasteiger partial charge in [0.25, 0.3) is 0 Å². The van der Waals surface area contributed by atoms with Crippen molar-refractivity contribution in [3.8, 4) is 42.5 Å². The molecule has 1 heterocycles. The Hall–Kier alpha value is -4.50. The molecule has 15 nitrogen and oxygen atoms in total. The van der Waals surface area contributed by atoms with Crippen LogP contribution in [0.2, 0.25) is 0 Å². The molecular formula is C27H38N14O. The van der Waals surface area contributed by atoms with Crippen LogP contribution in [0.15, 0.2) is 0 Å². The van der Waals surface area contributed by atoms with Crippen LogP contribution in [-0.2, 0) is 0 Å². The Morgan fingerprint density at radius 2 is 0.690 bits per heavy atom. The molecule has 1 fully saturated rings. The third-order valence-corrected chi connectivity index (χ3v) is 6.81. The monoisotopic (exact) mass is 574 g/mol. The first-order valence-corrected chi connectivity index (χ1v) is 13.7. The van der Waals surface area contributed by atoms with Crippen molar-refractivity contribution in [2.75, 3.05) is 124 Å². The number of urea groups is 1. The normalized spacial score (nSPS) is 12.7. The summed E-state index contributed by atoms with van der Waals surface area (Å²) in [6.45, 7) is 7.13. The average Bonchev–Trinajstić information content (AvgIpc) is 3.33. The molecule has 0 bridgehead atoms. The average molecular weight is 575 g/mol. The molecule has 0 radical (unpaired) electrons. The van der Waals surface area contributed by atoms with E-state index in [1.54, 1.807) is 24.5 Å². The predicted molar refractivity (Wildman–Crippen MR) is 150 cm³/mol. The van der Waals surface area contributed by atoms with Crippen LogP contribution in [0.5, 0.6) is 0 Å². The standard InChI is InChI=1S/C27H38N14O/c28-1-8-35(9-2-29)15-18-38(14-7-34)21-23-40-25-26-41(27(40)42)24-22-39(19-16-36(10-3-30)11-4-31)20-17-37(12-5-32)13-6-33/h8-26H2. The van der Waals surface area contributed by atoms with Crippen molar-refractivity contribution in [1.82, 2.24) is 34.3 Å². The minimum Gasteiger partial charge on any atom is -0.322 e. The maximum absolute atomic E-state index is 13.1. The first-order chi connectivity index (χ1) is 20.5. The summed E-state index contributed by atoms with van der Waals surface area (Å²) in [6, 6.07) is 14.4. The van der Waals surface area contributed by atoms with E-state index in [9.17, 15) is 10.1 Å². The molecule has 42 heavy (non-hydrogen) atoms. The third kappa shape index (κ3) is 14.2. The summed E-state index contributed by atoms with van der Waals surface area (Å²) in [4.78, 5) is 25.8. The van der Waals surface area contributed by atoms with E-state index < -0.39 is 0 Å². The fraction of sp³-hybridized carbons (Fsp3) is 0.704. The van der Waals surface area contributed by atoms with Crippen molar-refractivity contribution >= 4 is 6.03 Å². The summed E-state index contributed by atoms with van der Waals surface area (Å²) in [6.07, 6.45) is 0. The number of amides is 2. The molecule has 0 aromatic rings. The van der Waals surface area contributed by atoms with Crippen LogP contribution in [0, 0.1) is 79.3 Å². The van der Waals surface area contributed by atoms with Gasteiger partial charge in [-0.15, -0.1) is 0 Å². The number of hydrogen-bond acceptors (Lipinski definition) is 13. The largest absolute Gasteiger partial charge is 0.322 e. The molecule has 0 spiro atoms. The van der Waals surface area contributed by atoms with E-state index in [1.807, 2.05) is 17.0 Å². The van der Waals surface area contributed by atoms with E-state index >= 15 is 0 Å². The number of carbonyl (C=O) groups excluding carboxylic acids is 1. The third-order valence-electron chi connectivity index (χ3n) is 6.81. The van der Waals surface area contributed by atoms with Gasteiger partial charge in [0.05, 0.1) is 88.3 Å². The van der Waals surface area contributed by atoms with Crippen molar-refractivity contribution in [2.24, 2.45) is 0 Å². The molecule has 2 amide bonds. The van der Waals surface area contributed by atoms with Crippen LogP contribution >= 0.6 is 0 Å². The topological polar surface area (TPSA) is 206 Å². The Kier molecular flexibility index (Phi) is 18.8. The quantitative estimate of drug-likeness (QED) is 0.141. The van der Waals surface area contributed by atoms with Gasteiger partial charge < -0.3 is 9.80 Å². The summed E-state index contributed by atoms with van der Waals surface area (Å²) in [5.41, 5.74) is 0. The minimum absolute atomic E-state index is 0.0892. The molecule has 0 saturated carbocycles. The van der Waals surface area contributed by atoms with Gasteiger partial charge >= 0.3 is 6.03 Å². The van der Waals surface area contributed by atoms with Gasteiger partial charge in [-0.2, -0.15) is 36.8 Å². The lowest BCUT2D eigenvalue weighted by molar-refractivity contribution is 0.165. The number of nitrogens with zero attached hydrogens (tertiary/aromatic N) is 14. The molecule has 1 saturated heterocycles. The first-order valence-electron chi connectivity index (χ1n) is 13.7. The lowest BCUT2D eigenvalue weighted by Crippen LogP contribution is -2.44. The van der Waals surface area contributed by atoms with Gasteiger partial charge in [-0.05, 0) is 0 Å². The van der Waals surface area contributed by atoms with Gasteiger partial charge in [-0.1, -0.05) is 0 Å². The summed E-state index contributed by atoms with van der Waals surface area (Å²) < 4.78 is 0. The number of rotatable bonds is 22. The van der Waals surface area contributed by atoms with Crippen LogP contribution in [0.25, 0.3) is 0 Å². The molecule has 222 valence electrons. The number of carbonyl (C=O) groups is 1. The summed E-state index contributed by atoms with van der Waals surface area (Å²) in [5, 5.41) is 63.3. The second-order valence-electron chi connectivity index (χ2n) is 9.61. The zero-order chi connectivity index (χ0) is 31.0. The van der Waals surface area contributed by atoms with Crippen LogP contribution < -0.4 is 0 Å². The Labute approximate surface area is 248 Å². The second kappa shape index (κ2) is 22.2. The molecule has 15 heteroatoms. The first kappa shape index (κ1) is 35.5. The Morgan fingerprint density at radius 3 is 1.02 bits per heavy atom. The highest BCUT2D eigenvalue weighted by Gasteiger charge is 2.28. The molecule has 1 rings (SSSR count). The van der Waals surface area contributed by atoms with Gasteiger partial charge in [0.15, 0.2) is 0 Å². The highest BCUT2D eigenvalue weighted by atomic mass is 16.2. The van der Waals surface area contributed by atoms with Crippen LogP contribution in [-0.4, -0.2) is 165 Å². The van der Waals surface area contributed by atoms with E-state index in [0.717, 1.165) is 0 Å². The summed E-state index contributed by atoms with van der Waals surface area (Å²) in [7, 11) is 0. The lowest BCUT2D eigenvalue weighted by Gasteiger charge is -2.29. The maximum Gasteiger partial charge on any atom is 0.320 e. The van der Waals surface area contributed by atoms with E-state index in [4.69, 9.17) is 31.6 Å². The summed E-state index contributed by atoms with van der Waals surface area (Å²) >= 11 is 0. The highest BCUT2D eigenvalue weighted by molar-refractivity contribution is 5.76. The fourth-order valence-electron chi connectivity index (χ4n) is 4.37. The second-order valence-corrected chi connectivity index (χ2v) is 9.61. The number of hydrogen-bond donors (Lipinski definition) is 0. The van der Waals surface area contributed by atoms with E-state index in [2.05, 4.69) is 35.2 Å². The van der Waals surface area contributed by atoms with Gasteiger partial charge in [0.1, 0.15) is 0 Å². The van der Waals surface area contributed by atoms with Gasteiger partial charge in [-0.3, -0.25) is 24.5 Å². The highest BCUT2D eigenvalue weighted by Crippen LogP contribution is 2.09. The molecule has 0 unspecified atom stereocenters. The lowest BCUT2D eigenvalue weighted by atomic mass is 10.3. The van der Waals surface area contributed by atoms with Crippen molar-refractivity contribution in [3.63, 3.8) is 0 Å². The molecule has 1 aliphatic heterocycles. The Balaban J connectivity index is 2.71. The molecule has 0 atom stereocenters. The SMILES string of the molecule is N#CCN(CC#N)CCN(CC#N)CCN1CCN(CCN(CCN(CC#N)CC#N)CCN(CC#N)CC#N)C1=O.